The number of fused-ring (bicyclic) bond motifs is 2. The molecule has 1 aliphatic heterocycles. The number of para-hydroxylation sites is 2. The Morgan fingerprint density at radius 3 is 2.41 bits per heavy atom. The lowest BCUT2D eigenvalue weighted by Gasteiger charge is -2.37. The van der Waals surface area contributed by atoms with E-state index in [9.17, 15) is 4.79 Å². The van der Waals surface area contributed by atoms with Gasteiger partial charge in [0.15, 0.2) is 0 Å². The quantitative estimate of drug-likeness (QED) is 0.721. The number of rotatable bonds is 4. The molecule has 0 radical (unpaired) electrons. The lowest BCUT2D eigenvalue weighted by Crippen LogP contribution is -2.42. The predicted molar refractivity (Wildman–Crippen MR) is 121 cm³/mol. The van der Waals surface area contributed by atoms with Gasteiger partial charge in [0, 0.05) is 30.9 Å². The van der Waals surface area contributed by atoms with E-state index in [4.69, 9.17) is 4.99 Å². The van der Waals surface area contributed by atoms with Crippen molar-refractivity contribution in [2.45, 2.75) is 46.6 Å². The van der Waals surface area contributed by atoms with E-state index in [0.717, 1.165) is 42.2 Å². The number of nitrogens with one attached hydrogen (secondary N) is 1. The highest BCUT2D eigenvalue weighted by molar-refractivity contribution is 6.10. The molecule has 0 amide bonds. The summed E-state index contributed by atoms with van der Waals surface area (Å²) in [6.07, 6.45) is 1.45. The molecule has 2 aromatic rings. The van der Waals surface area contributed by atoms with Crippen LogP contribution in [0, 0.1) is 11.3 Å². The Morgan fingerprint density at radius 2 is 1.72 bits per heavy atom. The van der Waals surface area contributed by atoms with Crippen molar-refractivity contribution in [2.24, 2.45) is 16.3 Å². The zero-order valence-electron chi connectivity index (χ0n) is 17.9. The maximum Gasteiger partial charge on any atom is 0.144 e. The lowest BCUT2D eigenvalue weighted by molar-refractivity contribution is -0.124. The highest BCUT2D eigenvalue weighted by atomic mass is 16.1. The van der Waals surface area contributed by atoms with E-state index >= 15 is 0 Å². The third-order valence-corrected chi connectivity index (χ3v) is 6.21. The van der Waals surface area contributed by atoms with Crippen LogP contribution in [0.1, 0.15) is 52.1 Å². The summed E-state index contributed by atoms with van der Waals surface area (Å²) in [5, 5.41) is 3.66. The number of ketones is 1. The Labute approximate surface area is 174 Å². The van der Waals surface area contributed by atoms with E-state index in [1.807, 2.05) is 18.2 Å². The van der Waals surface area contributed by atoms with Crippen molar-refractivity contribution in [1.82, 2.24) is 0 Å². The number of hydrogen-bond acceptors (Lipinski definition) is 4. The Morgan fingerprint density at radius 1 is 1.03 bits per heavy atom. The number of nitrogens with zero attached hydrogens (tertiary/aromatic N) is 2. The van der Waals surface area contributed by atoms with Crippen LogP contribution in [0.4, 0.5) is 17.1 Å². The molecule has 0 bridgehead atoms. The van der Waals surface area contributed by atoms with Crippen LogP contribution in [0.15, 0.2) is 53.5 Å². The highest BCUT2D eigenvalue weighted by Gasteiger charge is 2.43. The van der Waals surface area contributed by atoms with Gasteiger partial charge in [0.1, 0.15) is 5.78 Å². The minimum Gasteiger partial charge on any atom is -0.375 e. The number of hydrogen-bond donors (Lipinski definition) is 1. The first-order chi connectivity index (χ1) is 13.9. The van der Waals surface area contributed by atoms with Crippen LogP contribution < -0.4 is 10.2 Å². The molecular weight excluding hydrogens is 358 g/mol. The van der Waals surface area contributed by atoms with E-state index in [-0.39, 0.29) is 23.2 Å². The largest absolute Gasteiger partial charge is 0.375 e. The zero-order valence-corrected chi connectivity index (χ0v) is 17.9. The molecule has 4 heteroatoms. The van der Waals surface area contributed by atoms with E-state index < -0.39 is 0 Å². The average Bonchev–Trinajstić information content (AvgIpc) is 2.85. The molecule has 0 aromatic heterocycles. The average molecular weight is 390 g/mol. The molecule has 2 aromatic carbocycles. The van der Waals surface area contributed by atoms with E-state index in [1.165, 1.54) is 5.69 Å². The van der Waals surface area contributed by atoms with Gasteiger partial charge in [0.2, 0.25) is 0 Å². The summed E-state index contributed by atoms with van der Waals surface area (Å²) in [6.45, 7) is 10.7. The van der Waals surface area contributed by atoms with Gasteiger partial charge in [-0.15, -0.1) is 0 Å². The molecule has 1 heterocycles. The van der Waals surface area contributed by atoms with Crippen LogP contribution in [-0.4, -0.2) is 24.6 Å². The fourth-order valence-electron chi connectivity index (χ4n) is 4.77. The van der Waals surface area contributed by atoms with Gasteiger partial charge < -0.3 is 10.2 Å². The monoisotopic (exact) mass is 389 g/mol. The van der Waals surface area contributed by atoms with Gasteiger partial charge in [-0.25, -0.2) is 0 Å². The summed E-state index contributed by atoms with van der Waals surface area (Å²) >= 11 is 0. The van der Waals surface area contributed by atoms with Gasteiger partial charge in [-0.3, -0.25) is 9.79 Å². The van der Waals surface area contributed by atoms with Crippen molar-refractivity contribution < 1.29 is 4.79 Å². The van der Waals surface area contributed by atoms with Crippen LogP contribution in [-0.2, 0) is 4.79 Å². The number of benzene rings is 2. The van der Waals surface area contributed by atoms with Gasteiger partial charge >= 0.3 is 0 Å². The minimum absolute atomic E-state index is 0.0388. The Hall–Kier alpha value is -2.62. The second-order valence-electron chi connectivity index (χ2n) is 8.97. The second-order valence-corrected chi connectivity index (χ2v) is 8.97. The van der Waals surface area contributed by atoms with E-state index in [1.54, 1.807) is 0 Å². The molecule has 1 aliphatic carbocycles. The van der Waals surface area contributed by atoms with Crippen molar-refractivity contribution >= 4 is 28.6 Å². The maximum absolute atomic E-state index is 13.3. The second kappa shape index (κ2) is 7.66. The summed E-state index contributed by atoms with van der Waals surface area (Å²) in [7, 11) is 0. The first kappa shape index (κ1) is 19.7. The number of carbonyl (C=O) groups excluding carboxylic acids is 1. The molecule has 2 aliphatic rings. The Bertz CT molecular complexity index is 925. The Kier molecular flexibility index (Phi) is 5.20. The SMILES string of the molecule is CCN(CC)c1ccc(C2Nc3ccccc3N=C3CC(C)(C)CC(=O)C32)cc1. The number of aliphatic imine (C=N–C) groups is 1. The third kappa shape index (κ3) is 3.81. The fourth-order valence-corrected chi connectivity index (χ4v) is 4.77. The molecule has 1 fully saturated rings. The van der Waals surface area contributed by atoms with Gasteiger partial charge in [0.25, 0.3) is 0 Å². The molecule has 0 saturated heterocycles. The molecular formula is C25H31N3O. The molecule has 152 valence electrons. The van der Waals surface area contributed by atoms with E-state index in [0.29, 0.717) is 6.42 Å². The number of carbonyl (C=O) groups is 1. The third-order valence-electron chi connectivity index (χ3n) is 6.21. The zero-order chi connectivity index (χ0) is 20.6. The van der Waals surface area contributed by atoms with Crippen molar-refractivity contribution in [3.8, 4) is 0 Å². The summed E-state index contributed by atoms with van der Waals surface area (Å²) in [4.78, 5) is 20.6. The van der Waals surface area contributed by atoms with Crippen molar-refractivity contribution in [2.75, 3.05) is 23.3 Å². The molecule has 4 rings (SSSR count). The summed E-state index contributed by atoms with van der Waals surface area (Å²) in [5.41, 5.74) is 5.27. The topological polar surface area (TPSA) is 44.7 Å². The Balaban J connectivity index is 1.76. The molecule has 2 atom stereocenters. The first-order valence-corrected chi connectivity index (χ1v) is 10.7. The summed E-state index contributed by atoms with van der Waals surface area (Å²) in [5.74, 6) is 0.0767. The molecule has 1 N–H and O–H groups in total. The fraction of sp³-hybridized carbons (Fsp3) is 0.440. The number of Topliss-reactive ketones (excluding diaryl/α,β-unsaturated/α-hetero) is 1. The van der Waals surface area contributed by atoms with Gasteiger partial charge in [-0.05, 0) is 55.5 Å². The van der Waals surface area contributed by atoms with Crippen molar-refractivity contribution in [1.29, 1.82) is 0 Å². The molecule has 1 saturated carbocycles. The highest BCUT2D eigenvalue weighted by Crippen LogP contribution is 2.45. The van der Waals surface area contributed by atoms with Crippen LogP contribution in [0.2, 0.25) is 0 Å². The normalized spacial score (nSPS) is 22.6. The maximum atomic E-state index is 13.3. The molecule has 29 heavy (non-hydrogen) atoms. The smallest absolute Gasteiger partial charge is 0.144 e. The van der Waals surface area contributed by atoms with Gasteiger partial charge in [-0.1, -0.05) is 38.1 Å². The summed E-state index contributed by atoms with van der Waals surface area (Å²) in [6, 6.07) is 16.7. The minimum atomic E-state index is -0.213. The first-order valence-electron chi connectivity index (χ1n) is 10.7. The standard InChI is InChI=1S/C25H31N3O/c1-5-28(6-2)18-13-11-17(12-14-18)24-23-21(15-25(3,4)16-22(23)29)26-19-9-7-8-10-20(19)27-24/h7-14,23-24,27H,5-6,15-16H2,1-4H3. The van der Waals surface area contributed by atoms with Crippen LogP contribution in [0.25, 0.3) is 0 Å². The van der Waals surface area contributed by atoms with E-state index in [2.05, 4.69) is 68.2 Å². The van der Waals surface area contributed by atoms with Crippen molar-refractivity contribution in [3.05, 3.63) is 54.1 Å². The molecule has 2 unspecified atom stereocenters. The van der Waals surface area contributed by atoms with Crippen molar-refractivity contribution in [3.63, 3.8) is 0 Å². The van der Waals surface area contributed by atoms with Gasteiger partial charge in [0.05, 0.1) is 23.3 Å². The molecule has 4 nitrogen and oxygen atoms in total. The lowest BCUT2D eigenvalue weighted by atomic mass is 9.68. The van der Waals surface area contributed by atoms with Crippen LogP contribution in [0.5, 0.6) is 0 Å². The predicted octanol–water partition coefficient (Wildman–Crippen LogP) is 5.78. The van der Waals surface area contributed by atoms with Gasteiger partial charge in [-0.2, -0.15) is 0 Å². The molecule has 0 spiro atoms. The van der Waals surface area contributed by atoms with Crippen LogP contribution >= 0.6 is 0 Å². The van der Waals surface area contributed by atoms with Crippen LogP contribution in [0.3, 0.4) is 0 Å². The summed E-state index contributed by atoms with van der Waals surface area (Å²) < 4.78 is 0. The number of anilines is 2.